The van der Waals surface area contributed by atoms with Crippen LogP contribution in [0.5, 0.6) is 17.2 Å². The van der Waals surface area contributed by atoms with E-state index in [-0.39, 0.29) is 17.9 Å². The van der Waals surface area contributed by atoms with Crippen molar-refractivity contribution in [3.8, 4) is 17.2 Å². The first-order valence-electron chi connectivity index (χ1n) is 9.91. The SMILES string of the molecule is COc1ccc(CN2CCC(C(=O)NC(C)C)CC2)c(OC)c1OC.O=C(O)C(=O)O. The van der Waals surface area contributed by atoms with Crippen LogP contribution < -0.4 is 19.5 Å². The molecule has 0 aromatic heterocycles. The predicted molar refractivity (Wildman–Crippen MR) is 113 cm³/mol. The smallest absolute Gasteiger partial charge is 0.414 e. The molecule has 0 radical (unpaired) electrons. The van der Waals surface area contributed by atoms with Crippen LogP contribution in [0, 0.1) is 5.92 Å². The fourth-order valence-electron chi connectivity index (χ4n) is 3.28. The van der Waals surface area contributed by atoms with Gasteiger partial charge in [0.2, 0.25) is 11.7 Å². The number of benzene rings is 1. The van der Waals surface area contributed by atoms with E-state index < -0.39 is 11.9 Å². The number of hydrogen-bond acceptors (Lipinski definition) is 7. The summed E-state index contributed by atoms with van der Waals surface area (Å²) in [5, 5.41) is 17.8. The highest BCUT2D eigenvalue weighted by Gasteiger charge is 2.26. The van der Waals surface area contributed by atoms with Crippen LogP contribution in [0.2, 0.25) is 0 Å². The number of carbonyl (C=O) groups is 3. The summed E-state index contributed by atoms with van der Waals surface area (Å²) in [6.07, 6.45) is 1.77. The number of carboxylic acids is 2. The van der Waals surface area contributed by atoms with E-state index in [2.05, 4.69) is 10.2 Å². The number of piperidine rings is 1. The van der Waals surface area contributed by atoms with E-state index in [9.17, 15) is 4.79 Å². The molecule has 0 saturated carbocycles. The molecule has 1 aromatic carbocycles. The maximum absolute atomic E-state index is 12.1. The Kier molecular flexibility index (Phi) is 10.6. The molecule has 2 rings (SSSR count). The highest BCUT2D eigenvalue weighted by atomic mass is 16.5. The Hall–Kier alpha value is -3.01. The standard InChI is InChI=1S/C19H30N2O4.C2H2O4/c1-13(2)20-19(22)14-8-10-21(11-9-14)12-15-6-7-16(23-3)18(25-5)17(15)24-4;3-1(4)2(5)6/h6-7,13-14H,8-12H2,1-5H3,(H,20,22);(H,3,4)(H,5,6). The second kappa shape index (κ2) is 12.6. The van der Waals surface area contributed by atoms with Crippen LogP contribution in [0.4, 0.5) is 0 Å². The molecule has 3 N–H and O–H groups in total. The maximum atomic E-state index is 12.1. The first kappa shape index (κ1) is 26.0. The highest BCUT2D eigenvalue weighted by molar-refractivity contribution is 6.27. The van der Waals surface area contributed by atoms with Gasteiger partial charge in [0.15, 0.2) is 11.5 Å². The number of aliphatic carboxylic acids is 2. The number of methoxy groups -OCH3 is 3. The van der Waals surface area contributed by atoms with Crippen LogP contribution in [0.1, 0.15) is 32.3 Å². The average Bonchev–Trinajstić information content (AvgIpc) is 2.73. The van der Waals surface area contributed by atoms with Crippen molar-refractivity contribution in [2.75, 3.05) is 34.4 Å². The molecular formula is C21H32N2O8. The van der Waals surface area contributed by atoms with Gasteiger partial charge in [0.1, 0.15) is 0 Å². The lowest BCUT2D eigenvalue weighted by Gasteiger charge is -2.32. The minimum Gasteiger partial charge on any atom is -0.493 e. The molecule has 1 aliphatic heterocycles. The van der Waals surface area contributed by atoms with Gasteiger partial charge in [-0.3, -0.25) is 9.69 Å². The van der Waals surface area contributed by atoms with Crippen LogP contribution in [0.3, 0.4) is 0 Å². The monoisotopic (exact) mass is 440 g/mol. The number of ether oxygens (including phenoxy) is 3. The number of nitrogens with zero attached hydrogens (tertiary/aromatic N) is 1. The molecule has 10 nitrogen and oxygen atoms in total. The van der Waals surface area contributed by atoms with E-state index in [1.165, 1.54) is 0 Å². The van der Waals surface area contributed by atoms with E-state index in [1.54, 1.807) is 21.3 Å². The molecular weight excluding hydrogens is 408 g/mol. The molecule has 0 bridgehead atoms. The molecule has 0 aliphatic carbocycles. The van der Waals surface area contributed by atoms with E-state index in [0.29, 0.717) is 17.2 Å². The topological polar surface area (TPSA) is 135 Å². The van der Waals surface area contributed by atoms with Crippen molar-refractivity contribution < 1.29 is 38.8 Å². The minimum atomic E-state index is -1.82. The average molecular weight is 440 g/mol. The van der Waals surface area contributed by atoms with Crippen molar-refractivity contribution >= 4 is 17.8 Å². The Labute approximate surface area is 182 Å². The lowest BCUT2D eigenvalue weighted by atomic mass is 9.95. The summed E-state index contributed by atoms with van der Waals surface area (Å²) in [6.45, 7) is 6.55. The molecule has 0 atom stereocenters. The molecule has 1 saturated heterocycles. The third-order valence-electron chi connectivity index (χ3n) is 4.75. The Bertz CT molecular complexity index is 746. The number of hydrogen-bond donors (Lipinski definition) is 3. The molecule has 0 unspecified atom stereocenters. The van der Waals surface area contributed by atoms with Gasteiger partial charge in [0.05, 0.1) is 21.3 Å². The van der Waals surface area contributed by atoms with Crippen molar-refractivity contribution in [3.63, 3.8) is 0 Å². The van der Waals surface area contributed by atoms with Gasteiger partial charge in [-0.15, -0.1) is 0 Å². The van der Waals surface area contributed by atoms with E-state index >= 15 is 0 Å². The number of rotatable bonds is 7. The van der Waals surface area contributed by atoms with Crippen LogP contribution in [-0.2, 0) is 20.9 Å². The summed E-state index contributed by atoms with van der Waals surface area (Å²) in [6, 6.07) is 4.11. The van der Waals surface area contributed by atoms with Gasteiger partial charge in [0, 0.05) is 24.1 Å². The van der Waals surface area contributed by atoms with Crippen molar-refractivity contribution in [2.24, 2.45) is 5.92 Å². The van der Waals surface area contributed by atoms with Gasteiger partial charge in [-0.05, 0) is 45.8 Å². The second-order valence-corrected chi connectivity index (χ2v) is 7.32. The highest BCUT2D eigenvalue weighted by Crippen LogP contribution is 2.40. The minimum absolute atomic E-state index is 0.117. The molecule has 1 aromatic rings. The van der Waals surface area contributed by atoms with Gasteiger partial charge in [0.25, 0.3) is 0 Å². The third-order valence-corrected chi connectivity index (χ3v) is 4.75. The van der Waals surface area contributed by atoms with E-state index in [0.717, 1.165) is 38.0 Å². The number of amides is 1. The fourth-order valence-corrected chi connectivity index (χ4v) is 3.28. The zero-order chi connectivity index (χ0) is 23.6. The summed E-state index contributed by atoms with van der Waals surface area (Å²) in [7, 11) is 4.87. The van der Waals surface area contributed by atoms with Crippen molar-refractivity contribution in [1.29, 1.82) is 0 Å². The lowest BCUT2D eigenvalue weighted by Crippen LogP contribution is -2.42. The van der Waals surface area contributed by atoms with Gasteiger partial charge in [-0.25, -0.2) is 9.59 Å². The molecule has 174 valence electrons. The second-order valence-electron chi connectivity index (χ2n) is 7.32. The molecule has 1 heterocycles. The number of carbonyl (C=O) groups excluding carboxylic acids is 1. The van der Waals surface area contributed by atoms with Gasteiger partial charge in [-0.2, -0.15) is 0 Å². The summed E-state index contributed by atoms with van der Waals surface area (Å²) in [4.78, 5) is 32.7. The summed E-state index contributed by atoms with van der Waals surface area (Å²) >= 11 is 0. The van der Waals surface area contributed by atoms with E-state index in [1.807, 2.05) is 26.0 Å². The summed E-state index contributed by atoms with van der Waals surface area (Å²) in [5.41, 5.74) is 1.06. The zero-order valence-corrected chi connectivity index (χ0v) is 18.6. The van der Waals surface area contributed by atoms with Crippen molar-refractivity contribution in [3.05, 3.63) is 17.7 Å². The largest absolute Gasteiger partial charge is 0.493 e. The third kappa shape index (κ3) is 7.97. The Morgan fingerprint density at radius 3 is 1.97 bits per heavy atom. The van der Waals surface area contributed by atoms with Gasteiger partial charge < -0.3 is 29.7 Å². The van der Waals surface area contributed by atoms with Crippen LogP contribution in [-0.4, -0.2) is 73.4 Å². The number of nitrogens with one attached hydrogen (secondary N) is 1. The first-order valence-corrected chi connectivity index (χ1v) is 9.91. The van der Waals surface area contributed by atoms with Crippen LogP contribution in [0.15, 0.2) is 12.1 Å². The molecule has 0 spiro atoms. The van der Waals surface area contributed by atoms with Crippen LogP contribution in [0.25, 0.3) is 0 Å². The normalized spacial score (nSPS) is 14.3. The first-order chi connectivity index (χ1) is 14.6. The van der Waals surface area contributed by atoms with E-state index in [4.69, 9.17) is 34.0 Å². The van der Waals surface area contributed by atoms with Gasteiger partial charge >= 0.3 is 11.9 Å². The Morgan fingerprint density at radius 2 is 1.55 bits per heavy atom. The molecule has 1 aliphatic rings. The van der Waals surface area contributed by atoms with Crippen molar-refractivity contribution in [1.82, 2.24) is 10.2 Å². The molecule has 1 fully saturated rings. The summed E-state index contributed by atoms with van der Waals surface area (Å²) < 4.78 is 16.3. The Morgan fingerprint density at radius 1 is 1.00 bits per heavy atom. The number of carboxylic acid groups (broad SMARTS) is 2. The number of likely N-dealkylation sites (tertiary alicyclic amines) is 1. The lowest BCUT2D eigenvalue weighted by molar-refractivity contribution is -0.159. The molecule has 31 heavy (non-hydrogen) atoms. The molecule has 1 amide bonds. The fraction of sp³-hybridized carbons (Fsp3) is 0.571. The molecule has 10 heteroatoms. The maximum Gasteiger partial charge on any atom is 0.414 e. The van der Waals surface area contributed by atoms with Gasteiger partial charge in [-0.1, -0.05) is 6.07 Å². The van der Waals surface area contributed by atoms with Crippen molar-refractivity contribution in [2.45, 2.75) is 39.3 Å². The van der Waals surface area contributed by atoms with Crippen LogP contribution >= 0.6 is 0 Å². The summed E-state index contributed by atoms with van der Waals surface area (Å²) in [5.74, 6) is -1.36. The predicted octanol–water partition coefficient (Wildman–Crippen LogP) is 1.60. The Balaban J connectivity index is 0.000000703. The zero-order valence-electron chi connectivity index (χ0n) is 18.6. The quantitative estimate of drug-likeness (QED) is 0.540.